The maximum atomic E-state index is 14.2. The Bertz CT molecular complexity index is 669. The number of aliphatic hydroxyl groups excluding tert-OH is 1. The first-order valence-electron chi connectivity index (χ1n) is 7.08. The predicted molar refractivity (Wildman–Crippen MR) is 85.8 cm³/mol. The normalized spacial score (nSPS) is 12.8. The number of fused-ring (bicyclic) bond motifs is 1. The molecule has 1 aromatic heterocycles. The van der Waals surface area contributed by atoms with Gasteiger partial charge in [0.15, 0.2) is 0 Å². The number of carbonyl (C=O) groups excluding carboxylic acids is 1. The van der Waals surface area contributed by atoms with Crippen LogP contribution in [0.15, 0.2) is 18.2 Å². The SMILES string of the molecule is COC(=O)c1sc2cccc(F)c2c1CN(C)CCC(C)O. The van der Waals surface area contributed by atoms with Crippen LogP contribution in [0.5, 0.6) is 0 Å². The lowest BCUT2D eigenvalue weighted by Crippen LogP contribution is -2.23. The fourth-order valence-electron chi connectivity index (χ4n) is 2.33. The molecule has 1 N–H and O–H groups in total. The largest absolute Gasteiger partial charge is 0.465 e. The molecular formula is C16H20FNO3S. The van der Waals surface area contributed by atoms with Crippen LogP contribution >= 0.6 is 11.3 Å². The fraction of sp³-hybridized carbons (Fsp3) is 0.438. The number of rotatable bonds is 6. The predicted octanol–water partition coefficient (Wildman–Crippen LogP) is 3.03. The van der Waals surface area contributed by atoms with E-state index in [4.69, 9.17) is 4.74 Å². The Morgan fingerprint density at radius 3 is 2.86 bits per heavy atom. The van der Waals surface area contributed by atoms with Gasteiger partial charge < -0.3 is 14.7 Å². The van der Waals surface area contributed by atoms with Gasteiger partial charge in [-0.2, -0.15) is 0 Å². The van der Waals surface area contributed by atoms with Gasteiger partial charge in [0, 0.05) is 28.7 Å². The number of esters is 1. The highest BCUT2D eigenvalue weighted by Crippen LogP contribution is 2.34. The first-order chi connectivity index (χ1) is 10.4. The monoisotopic (exact) mass is 325 g/mol. The number of halogens is 1. The van der Waals surface area contributed by atoms with Gasteiger partial charge in [0.2, 0.25) is 0 Å². The van der Waals surface area contributed by atoms with Gasteiger partial charge in [0.1, 0.15) is 10.7 Å². The van der Waals surface area contributed by atoms with E-state index in [2.05, 4.69) is 0 Å². The van der Waals surface area contributed by atoms with Crippen LogP contribution in [0, 0.1) is 5.82 Å². The smallest absolute Gasteiger partial charge is 0.348 e. The summed E-state index contributed by atoms with van der Waals surface area (Å²) in [6.45, 7) is 2.82. The first kappa shape index (κ1) is 16.9. The molecule has 0 amide bonds. The molecule has 1 aromatic carbocycles. The molecule has 22 heavy (non-hydrogen) atoms. The maximum absolute atomic E-state index is 14.2. The molecule has 0 saturated carbocycles. The summed E-state index contributed by atoms with van der Waals surface area (Å²) in [5, 5.41) is 9.85. The van der Waals surface area contributed by atoms with E-state index in [1.807, 2.05) is 11.9 Å². The molecule has 0 radical (unpaired) electrons. The van der Waals surface area contributed by atoms with E-state index < -0.39 is 12.1 Å². The minimum atomic E-state index is -0.445. The Morgan fingerprint density at radius 2 is 2.23 bits per heavy atom. The zero-order chi connectivity index (χ0) is 16.3. The fourth-order valence-corrected chi connectivity index (χ4v) is 3.48. The second-order valence-corrected chi connectivity index (χ2v) is 6.44. The lowest BCUT2D eigenvalue weighted by Gasteiger charge is -2.18. The highest BCUT2D eigenvalue weighted by molar-refractivity contribution is 7.21. The van der Waals surface area contributed by atoms with Crippen LogP contribution in [0.4, 0.5) is 4.39 Å². The average molecular weight is 325 g/mol. The van der Waals surface area contributed by atoms with Gasteiger partial charge in [-0.3, -0.25) is 0 Å². The van der Waals surface area contributed by atoms with Gasteiger partial charge in [-0.25, -0.2) is 9.18 Å². The van der Waals surface area contributed by atoms with Crippen LogP contribution in [0.1, 0.15) is 28.6 Å². The zero-order valence-electron chi connectivity index (χ0n) is 12.9. The molecule has 2 rings (SSSR count). The summed E-state index contributed by atoms with van der Waals surface area (Å²) in [5.41, 5.74) is 0.651. The Hall–Kier alpha value is -1.50. The molecule has 0 aliphatic heterocycles. The number of thiophene rings is 1. The standard InChI is InChI=1S/C16H20FNO3S/c1-10(19)7-8-18(2)9-11-14-12(17)5-4-6-13(14)22-15(11)16(20)21-3/h4-6,10,19H,7-9H2,1-3H3. The van der Waals surface area contributed by atoms with Crippen molar-refractivity contribution in [2.75, 3.05) is 20.7 Å². The van der Waals surface area contributed by atoms with Crippen molar-refractivity contribution < 1.29 is 19.0 Å². The van der Waals surface area contributed by atoms with Crippen LogP contribution in [-0.4, -0.2) is 42.8 Å². The van der Waals surface area contributed by atoms with Crippen LogP contribution in [-0.2, 0) is 11.3 Å². The molecule has 0 aliphatic carbocycles. The quantitative estimate of drug-likeness (QED) is 0.830. The van der Waals surface area contributed by atoms with Crippen molar-refractivity contribution in [3.05, 3.63) is 34.5 Å². The molecule has 1 heterocycles. The Morgan fingerprint density at radius 1 is 1.50 bits per heavy atom. The molecule has 2 aromatic rings. The molecule has 0 fully saturated rings. The number of ether oxygens (including phenoxy) is 1. The summed E-state index contributed by atoms with van der Waals surface area (Å²) in [6.07, 6.45) is 0.229. The summed E-state index contributed by atoms with van der Waals surface area (Å²) >= 11 is 1.25. The van der Waals surface area contributed by atoms with Gasteiger partial charge in [-0.15, -0.1) is 11.3 Å². The number of benzene rings is 1. The van der Waals surface area contributed by atoms with Crippen molar-refractivity contribution in [1.82, 2.24) is 4.90 Å². The van der Waals surface area contributed by atoms with Crippen LogP contribution < -0.4 is 0 Å². The molecule has 0 saturated heterocycles. The van der Waals surface area contributed by atoms with Gasteiger partial charge in [-0.05, 0) is 32.5 Å². The number of methoxy groups -OCH3 is 1. The number of hydrogen-bond donors (Lipinski definition) is 1. The molecule has 0 bridgehead atoms. The summed E-state index contributed by atoms with van der Waals surface area (Å²) in [5.74, 6) is -0.776. The molecule has 1 unspecified atom stereocenters. The van der Waals surface area contributed by atoms with Gasteiger partial charge in [-0.1, -0.05) is 6.07 Å². The zero-order valence-corrected chi connectivity index (χ0v) is 13.7. The van der Waals surface area contributed by atoms with Crippen molar-refractivity contribution in [2.45, 2.75) is 26.0 Å². The van der Waals surface area contributed by atoms with E-state index >= 15 is 0 Å². The van der Waals surface area contributed by atoms with Crippen molar-refractivity contribution in [2.24, 2.45) is 0 Å². The maximum Gasteiger partial charge on any atom is 0.348 e. The Labute approximate surface area is 133 Å². The molecule has 4 nitrogen and oxygen atoms in total. The second-order valence-electron chi connectivity index (χ2n) is 5.39. The van der Waals surface area contributed by atoms with E-state index in [9.17, 15) is 14.3 Å². The molecular weight excluding hydrogens is 305 g/mol. The lowest BCUT2D eigenvalue weighted by molar-refractivity contribution is 0.0604. The van der Waals surface area contributed by atoms with Gasteiger partial charge >= 0.3 is 5.97 Å². The first-order valence-corrected chi connectivity index (χ1v) is 7.90. The molecule has 6 heteroatoms. The van der Waals surface area contributed by atoms with Gasteiger partial charge in [0.25, 0.3) is 0 Å². The van der Waals surface area contributed by atoms with Crippen LogP contribution in [0.3, 0.4) is 0 Å². The third-order valence-corrected chi connectivity index (χ3v) is 4.67. The van der Waals surface area contributed by atoms with E-state index in [0.29, 0.717) is 35.3 Å². The van der Waals surface area contributed by atoms with E-state index in [1.54, 1.807) is 19.1 Å². The van der Waals surface area contributed by atoms with Gasteiger partial charge in [0.05, 0.1) is 13.2 Å². The number of aliphatic hydroxyl groups is 1. The molecule has 120 valence electrons. The molecule has 1 atom stereocenters. The number of hydrogen-bond acceptors (Lipinski definition) is 5. The van der Waals surface area contributed by atoms with E-state index in [1.165, 1.54) is 24.5 Å². The number of nitrogens with zero attached hydrogens (tertiary/aromatic N) is 1. The highest BCUT2D eigenvalue weighted by Gasteiger charge is 2.22. The van der Waals surface area contributed by atoms with Crippen molar-refractivity contribution in [3.8, 4) is 0 Å². The Kier molecular flexibility index (Phi) is 5.50. The summed E-state index contributed by atoms with van der Waals surface area (Å²) in [4.78, 5) is 14.4. The highest BCUT2D eigenvalue weighted by atomic mass is 32.1. The minimum Gasteiger partial charge on any atom is -0.465 e. The summed E-state index contributed by atoms with van der Waals surface area (Å²) < 4.78 is 19.7. The second kappa shape index (κ2) is 7.17. The average Bonchev–Trinajstić information content (AvgIpc) is 2.84. The lowest BCUT2D eigenvalue weighted by atomic mass is 10.1. The third-order valence-electron chi connectivity index (χ3n) is 3.49. The van der Waals surface area contributed by atoms with E-state index in [0.717, 1.165) is 4.70 Å². The van der Waals surface area contributed by atoms with Crippen LogP contribution in [0.25, 0.3) is 10.1 Å². The van der Waals surface area contributed by atoms with Crippen molar-refractivity contribution in [3.63, 3.8) is 0 Å². The summed E-state index contributed by atoms with van der Waals surface area (Å²) in [6, 6.07) is 4.83. The third kappa shape index (κ3) is 3.63. The summed E-state index contributed by atoms with van der Waals surface area (Å²) in [7, 11) is 3.21. The molecule has 0 aliphatic rings. The van der Waals surface area contributed by atoms with Crippen molar-refractivity contribution in [1.29, 1.82) is 0 Å². The minimum absolute atomic E-state index is 0.331. The Balaban J connectivity index is 2.38. The topological polar surface area (TPSA) is 49.8 Å². The van der Waals surface area contributed by atoms with Crippen LogP contribution in [0.2, 0.25) is 0 Å². The van der Waals surface area contributed by atoms with Crippen molar-refractivity contribution >= 4 is 27.4 Å². The van der Waals surface area contributed by atoms with E-state index in [-0.39, 0.29) is 5.82 Å². The number of carbonyl (C=O) groups is 1. The molecule has 0 spiro atoms.